The highest BCUT2D eigenvalue weighted by molar-refractivity contribution is 8.00. The van der Waals surface area contributed by atoms with E-state index in [0.29, 0.717) is 5.13 Å². The zero-order valence-electron chi connectivity index (χ0n) is 13.9. The molecule has 7 heteroatoms. The van der Waals surface area contributed by atoms with Gasteiger partial charge < -0.3 is 4.90 Å². The van der Waals surface area contributed by atoms with Gasteiger partial charge in [0.05, 0.1) is 5.25 Å². The maximum absolute atomic E-state index is 12.3. The maximum Gasteiger partial charge on any atom is 0.239 e. The standard InChI is InChI=1S/C16H22N4OS2/c1-11-5-7-13(8-6-11)22-12(2)15(21)17-16-19-18-14(23-16)9-10-20(3)4/h5-8,12H,9-10H2,1-4H3,(H,17,19,21). The van der Waals surface area contributed by atoms with Gasteiger partial charge in [-0.3, -0.25) is 10.1 Å². The van der Waals surface area contributed by atoms with Crippen LogP contribution in [0.5, 0.6) is 0 Å². The summed E-state index contributed by atoms with van der Waals surface area (Å²) in [4.78, 5) is 15.4. The SMILES string of the molecule is Cc1ccc(SC(C)C(=O)Nc2nnc(CCN(C)C)s2)cc1. The molecule has 0 saturated carbocycles. The molecular weight excluding hydrogens is 328 g/mol. The Bertz CT molecular complexity index is 640. The Kier molecular flexibility index (Phi) is 6.56. The van der Waals surface area contributed by atoms with Crippen molar-refractivity contribution in [3.8, 4) is 0 Å². The molecule has 1 N–H and O–H groups in total. The fraction of sp³-hybridized carbons (Fsp3) is 0.438. The maximum atomic E-state index is 12.3. The van der Waals surface area contributed by atoms with E-state index < -0.39 is 0 Å². The molecule has 1 unspecified atom stereocenters. The number of aryl methyl sites for hydroxylation is 1. The van der Waals surface area contributed by atoms with E-state index in [2.05, 4.69) is 32.5 Å². The van der Waals surface area contributed by atoms with Crippen LogP contribution in [0.4, 0.5) is 5.13 Å². The van der Waals surface area contributed by atoms with Crippen LogP contribution >= 0.6 is 23.1 Å². The van der Waals surface area contributed by atoms with Crippen LogP contribution in [0.2, 0.25) is 0 Å². The summed E-state index contributed by atoms with van der Waals surface area (Å²) in [6, 6.07) is 8.17. The minimum Gasteiger partial charge on any atom is -0.309 e. The van der Waals surface area contributed by atoms with Crippen molar-refractivity contribution in [1.29, 1.82) is 0 Å². The van der Waals surface area contributed by atoms with Crippen molar-refractivity contribution in [3.63, 3.8) is 0 Å². The van der Waals surface area contributed by atoms with E-state index >= 15 is 0 Å². The highest BCUT2D eigenvalue weighted by atomic mass is 32.2. The summed E-state index contributed by atoms with van der Waals surface area (Å²) < 4.78 is 0. The lowest BCUT2D eigenvalue weighted by molar-refractivity contribution is -0.115. The van der Waals surface area contributed by atoms with Gasteiger partial charge >= 0.3 is 0 Å². The normalized spacial score (nSPS) is 12.4. The third kappa shape index (κ3) is 5.93. The van der Waals surface area contributed by atoms with Crippen LogP contribution in [0.1, 0.15) is 17.5 Å². The second-order valence-corrected chi connectivity index (χ2v) is 8.09. The summed E-state index contributed by atoms with van der Waals surface area (Å²) in [6.07, 6.45) is 0.841. The van der Waals surface area contributed by atoms with Gasteiger partial charge in [-0.25, -0.2) is 0 Å². The molecule has 0 saturated heterocycles. The van der Waals surface area contributed by atoms with Crippen LogP contribution in [0.25, 0.3) is 0 Å². The lowest BCUT2D eigenvalue weighted by atomic mass is 10.2. The number of amides is 1. The molecule has 2 rings (SSSR count). The van der Waals surface area contributed by atoms with Gasteiger partial charge in [0.15, 0.2) is 0 Å². The van der Waals surface area contributed by atoms with Gasteiger partial charge in [-0.05, 0) is 40.1 Å². The predicted octanol–water partition coefficient (Wildman–Crippen LogP) is 3.07. The molecule has 1 atom stereocenters. The van der Waals surface area contributed by atoms with Gasteiger partial charge in [-0.15, -0.1) is 22.0 Å². The molecule has 5 nitrogen and oxygen atoms in total. The lowest BCUT2D eigenvalue weighted by Crippen LogP contribution is -2.22. The van der Waals surface area contributed by atoms with Gasteiger partial charge in [-0.1, -0.05) is 29.0 Å². The van der Waals surface area contributed by atoms with Crippen LogP contribution in [-0.2, 0) is 11.2 Å². The van der Waals surface area contributed by atoms with Crippen molar-refractivity contribution in [2.75, 3.05) is 26.0 Å². The number of nitrogens with one attached hydrogen (secondary N) is 1. The van der Waals surface area contributed by atoms with Crippen LogP contribution in [0.3, 0.4) is 0 Å². The molecule has 23 heavy (non-hydrogen) atoms. The highest BCUT2D eigenvalue weighted by Gasteiger charge is 2.16. The summed E-state index contributed by atoms with van der Waals surface area (Å²) in [6.45, 7) is 4.87. The van der Waals surface area contributed by atoms with Crippen LogP contribution in [0, 0.1) is 6.92 Å². The number of rotatable bonds is 7. The Hall–Kier alpha value is -1.44. The quantitative estimate of drug-likeness (QED) is 0.778. The molecule has 0 spiro atoms. The zero-order chi connectivity index (χ0) is 16.8. The zero-order valence-corrected chi connectivity index (χ0v) is 15.5. The number of carbonyl (C=O) groups excluding carboxylic acids is 1. The number of anilines is 1. The number of likely N-dealkylation sites (N-methyl/N-ethyl adjacent to an activating group) is 1. The second kappa shape index (κ2) is 8.42. The largest absolute Gasteiger partial charge is 0.309 e. The average Bonchev–Trinajstić information content (AvgIpc) is 2.95. The molecule has 0 radical (unpaired) electrons. The Morgan fingerprint density at radius 3 is 2.65 bits per heavy atom. The molecule has 1 aromatic heterocycles. The van der Waals surface area contributed by atoms with E-state index in [4.69, 9.17) is 0 Å². The first-order valence-electron chi connectivity index (χ1n) is 7.45. The van der Waals surface area contributed by atoms with E-state index in [1.807, 2.05) is 40.1 Å². The van der Waals surface area contributed by atoms with Crippen molar-refractivity contribution in [1.82, 2.24) is 15.1 Å². The van der Waals surface area contributed by atoms with E-state index in [1.54, 1.807) is 0 Å². The third-order valence-electron chi connectivity index (χ3n) is 3.17. The molecule has 1 heterocycles. The molecule has 0 fully saturated rings. The Morgan fingerprint density at radius 2 is 2.00 bits per heavy atom. The fourth-order valence-corrected chi connectivity index (χ4v) is 3.40. The topological polar surface area (TPSA) is 58.1 Å². The van der Waals surface area contributed by atoms with Crippen LogP contribution in [-0.4, -0.2) is 46.9 Å². The number of thioether (sulfide) groups is 1. The van der Waals surface area contributed by atoms with Crippen molar-refractivity contribution >= 4 is 34.1 Å². The third-order valence-corrected chi connectivity index (χ3v) is 5.18. The first-order chi connectivity index (χ1) is 10.9. The summed E-state index contributed by atoms with van der Waals surface area (Å²) in [7, 11) is 4.04. The summed E-state index contributed by atoms with van der Waals surface area (Å²) in [5.74, 6) is -0.0501. The Balaban J connectivity index is 1.86. The van der Waals surface area contributed by atoms with E-state index in [-0.39, 0.29) is 11.2 Å². The Morgan fingerprint density at radius 1 is 1.30 bits per heavy atom. The molecule has 2 aromatic rings. The van der Waals surface area contributed by atoms with Crippen molar-refractivity contribution in [3.05, 3.63) is 34.8 Å². The second-order valence-electron chi connectivity index (χ2n) is 5.62. The summed E-state index contributed by atoms with van der Waals surface area (Å²) >= 11 is 2.98. The molecule has 0 bridgehead atoms. The van der Waals surface area contributed by atoms with Crippen molar-refractivity contribution in [2.45, 2.75) is 30.4 Å². The average molecular weight is 351 g/mol. The minimum atomic E-state index is -0.188. The number of carbonyl (C=O) groups is 1. The van der Waals surface area contributed by atoms with Crippen LogP contribution in [0.15, 0.2) is 29.2 Å². The van der Waals surface area contributed by atoms with E-state index in [9.17, 15) is 4.79 Å². The molecule has 124 valence electrons. The fourth-order valence-electron chi connectivity index (χ4n) is 1.81. The van der Waals surface area contributed by atoms with Crippen molar-refractivity contribution < 1.29 is 4.79 Å². The highest BCUT2D eigenvalue weighted by Crippen LogP contribution is 2.25. The van der Waals surface area contributed by atoms with Gasteiger partial charge in [0, 0.05) is 17.9 Å². The predicted molar refractivity (Wildman–Crippen MR) is 97.3 cm³/mol. The number of benzene rings is 1. The molecule has 1 aromatic carbocycles. The summed E-state index contributed by atoms with van der Waals surface area (Å²) in [5.41, 5.74) is 1.21. The molecule has 1 amide bonds. The lowest BCUT2D eigenvalue weighted by Gasteiger charge is -2.10. The van der Waals surface area contributed by atoms with E-state index in [1.165, 1.54) is 28.7 Å². The monoisotopic (exact) mass is 350 g/mol. The van der Waals surface area contributed by atoms with Gasteiger partial charge in [0.1, 0.15) is 5.01 Å². The summed E-state index contributed by atoms with van der Waals surface area (Å²) in [5, 5.41) is 12.3. The van der Waals surface area contributed by atoms with Crippen molar-refractivity contribution in [2.24, 2.45) is 0 Å². The molecular formula is C16H22N4OS2. The first kappa shape index (κ1) is 17.9. The number of hydrogen-bond donors (Lipinski definition) is 1. The Labute approximate surface area is 145 Å². The van der Waals surface area contributed by atoms with Gasteiger partial charge in [0.25, 0.3) is 0 Å². The van der Waals surface area contributed by atoms with E-state index in [0.717, 1.165) is 22.9 Å². The first-order valence-corrected chi connectivity index (χ1v) is 9.15. The molecule has 0 aliphatic carbocycles. The molecule has 0 aliphatic rings. The minimum absolute atomic E-state index is 0.0501. The molecule has 0 aliphatic heterocycles. The number of nitrogens with zero attached hydrogens (tertiary/aromatic N) is 3. The van der Waals surface area contributed by atoms with Crippen LogP contribution < -0.4 is 5.32 Å². The smallest absolute Gasteiger partial charge is 0.239 e. The number of hydrogen-bond acceptors (Lipinski definition) is 6. The van der Waals surface area contributed by atoms with Gasteiger partial charge in [0.2, 0.25) is 11.0 Å². The van der Waals surface area contributed by atoms with Gasteiger partial charge in [-0.2, -0.15) is 0 Å². The number of aromatic nitrogens is 2.